The van der Waals surface area contributed by atoms with Gasteiger partial charge >= 0.3 is 0 Å². The average Bonchev–Trinajstić information content (AvgIpc) is 2.19. The van der Waals surface area contributed by atoms with Crippen molar-refractivity contribution in [2.75, 3.05) is 5.32 Å². The Hall–Kier alpha value is -1.91. The van der Waals surface area contributed by atoms with Gasteiger partial charge in [-0.2, -0.15) is 5.11 Å². The molecule has 0 aliphatic carbocycles. The fourth-order valence-corrected chi connectivity index (χ4v) is 1.01. The number of amides is 1. The SMILES string of the molecule is CC(C)(C)C(=O)Nc1ccc(O)c(N=N)c1. The molecule has 1 amide bonds. The molecule has 0 fully saturated rings. The van der Waals surface area contributed by atoms with Crippen LogP contribution >= 0.6 is 0 Å². The van der Waals surface area contributed by atoms with E-state index in [1.54, 1.807) is 26.8 Å². The van der Waals surface area contributed by atoms with E-state index in [1.807, 2.05) is 0 Å². The molecule has 1 aromatic rings. The van der Waals surface area contributed by atoms with Gasteiger partial charge in [0.1, 0.15) is 11.4 Å². The number of carbonyl (C=O) groups is 1. The van der Waals surface area contributed by atoms with Gasteiger partial charge in [-0.1, -0.05) is 20.8 Å². The summed E-state index contributed by atoms with van der Waals surface area (Å²) >= 11 is 0. The third-order valence-corrected chi connectivity index (χ3v) is 2.03. The number of phenolic OH excluding ortho intramolecular Hbond substituents is 1. The number of benzene rings is 1. The maximum absolute atomic E-state index is 11.7. The second-order valence-corrected chi connectivity index (χ2v) is 4.52. The molecule has 5 heteroatoms. The first-order chi connectivity index (χ1) is 7.34. The minimum absolute atomic E-state index is 0.0799. The Morgan fingerprint density at radius 1 is 1.44 bits per heavy atom. The standard InChI is InChI=1S/C11H15N3O2/c1-11(2,3)10(16)13-7-4-5-9(15)8(6-7)14-12/h4-6,12,15H,1-3H3,(H,13,16). The molecule has 0 heterocycles. The molecule has 0 saturated heterocycles. The number of anilines is 1. The van der Waals surface area contributed by atoms with Crippen LogP contribution in [0.3, 0.4) is 0 Å². The topological polar surface area (TPSA) is 85.5 Å². The van der Waals surface area contributed by atoms with Gasteiger partial charge in [0.2, 0.25) is 5.91 Å². The Balaban J connectivity index is 2.91. The summed E-state index contributed by atoms with van der Waals surface area (Å²) in [7, 11) is 0. The molecule has 0 bridgehead atoms. The van der Waals surface area contributed by atoms with Gasteiger partial charge in [0.15, 0.2) is 0 Å². The molecule has 86 valence electrons. The van der Waals surface area contributed by atoms with Gasteiger partial charge in [0, 0.05) is 11.1 Å². The van der Waals surface area contributed by atoms with E-state index in [-0.39, 0.29) is 17.3 Å². The van der Waals surface area contributed by atoms with E-state index in [2.05, 4.69) is 10.4 Å². The first-order valence-corrected chi connectivity index (χ1v) is 4.86. The number of rotatable bonds is 2. The summed E-state index contributed by atoms with van der Waals surface area (Å²) in [5, 5.41) is 15.1. The molecule has 5 nitrogen and oxygen atoms in total. The highest BCUT2D eigenvalue weighted by Crippen LogP contribution is 2.29. The molecule has 0 unspecified atom stereocenters. The largest absolute Gasteiger partial charge is 0.506 e. The molecule has 0 aliphatic rings. The van der Waals surface area contributed by atoms with Crippen molar-refractivity contribution in [1.29, 1.82) is 5.53 Å². The van der Waals surface area contributed by atoms with Gasteiger partial charge in [0.25, 0.3) is 0 Å². The molecular weight excluding hydrogens is 206 g/mol. The Kier molecular flexibility index (Phi) is 3.27. The molecular formula is C11H15N3O2. The summed E-state index contributed by atoms with van der Waals surface area (Å²) in [5.74, 6) is -0.210. The molecule has 0 radical (unpaired) electrons. The first kappa shape index (κ1) is 12.2. The minimum atomic E-state index is -0.490. The lowest BCUT2D eigenvalue weighted by Gasteiger charge is -2.17. The second kappa shape index (κ2) is 4.30. The zero-order chi connectivity index (χ0) is 12.3. The van der Waals surface area contributed by atoms with Gasteiger partial charge in [0.05, 0.1) is 0 Å². The van der Waals surface area contributed by atoms with Gasteiger partial charge in [-0.15, -0.1) is 0 Å². The van der Waals surface area contributed by atoms with Crippen molar-refractivity contribution < 1.29 is 9.90 Å². The van der Waals surface area contributed by atoms with Crippen molar-refractivity contribution in [2.45, 2.75) is 20.8 Å². The highest BCUT2D eigenvalue weighted by Gasteiger charge is 2.21. The maximum atomic E-state index is 11.7. The van der Waals surface area contributed by atoms with E-state index in [0.29, 0.717) is 5.69 Å². The normalized spacial score (nSPS) is 10.9. The molecule has 0 aliphatic heterocycles. The van der Waals surface area contributed by atoms with Gasteiger partial charge < -0.3 is 10.4 Å². The van der Waals surface area contributed by atoms with E-state index >= 15 is 0 Å². The average molecular weight is 221 g/mol. The van der Waals surface area contributed by atoms with Crippen molar-refractivity contribution in [3.63, 3.8) is 0 Å². The summed E-state index contributed by atoms with van der Waals surface area (Å²) in [4.78, 5) is 11.7. The van der Waals surface area contributed by atoms with Crippen LogP contribution in [0.25, 0.3) is 0 Å². The smallest absolute Gasteiger partial charge is 0.229 e. The Labute approximate surface area is 94.0 Å². The first-order valence-electron chi connectivity index (χ1n) is 4.86. The van der Waals surface area contributed by atoms with Crippen LogP contribution < -0.4 is 5.32 Å². The summed E-state index contributed by atoms with van der Waals surface area (Å²) in [6.07, 6.45) is 0. The third-order valence-electron chi connectivity index (χ3n) is 2.03. The van der Waals surface area contributed by atoms with Crippen molar-refractivity contribution in [1.82, 2.24) is 0 Å². The number of phenols is 1. The summed E-state index contributed by atoms with van der Waals surface area (Å²) in [6.45, 7) is 5.41. The number of hydrogen-bond acceptors (Lipinski definition) is 4. The summed E-state index contributed by atoms with van der Waals surface area (Å²) < 4.78 is 0. The van der Waals surface area contributed by atoms with E-state index in [1.165, 1.54) is 12.1 Å². The third kappa shape index (κ3) is 2.79. The van der Waals surface area contributed by atoms with Crippen LogP contribution in [0.2, 0.25) is 0 Å². The predicted molar refractivity (Wildman–Crippen MR) is 61.0 cm³/mol. The highest BCUT2D eigenvalue weighted by molar-refractivity contribution is 5.95. The molecule has 0 saturated carbocycles. The molecule has 1 rings (SSSR count). The van der Waals surface area contributed by atoms with Crippen molar-refractivity contribution in [3.8, 4) is 5.75 Å². The predicted octanol–water partition coefficient (Wildman–Crippen LogP) is 3.04. The van der Waals surface area contributed by atoms with Crippen molar-refractivity contribution >= 4 is 17.3 Å². The number of nitrogens with zero attached hydrogens (tertiary/aromatic N) is 1. The molecule has 0 spiro atoms. The Morgan fingerprint density at radius 3 is 2.56 bits per heavy atom. The zero-order valence-corrected chi connectivity index (χ0v) is 9.53. The van der Waals surface area contributed by atoms with Crippen LogP contribution in [0.5, 0.6) is 5.75 Å². The van der Waals surface area contributed by atoms with Gasteiger partial charge in [-0.05, 0) is 18.2 Å². The van der Waals surface area contributed by atoms with Crippen LogP contribution in [-0.4, -0.2) is 11.0 Å². The molecule has 3 N–H and O–H groups in total. The highest BCUT2D eigenvalue weighted by atomic mass is 16.3. The number of aromatic hydroxyl groups is 1. The lowest BCUT2D eigenvalue weighted by Crippen LogP contribution is -2.27. The van der Waals surface area contributed by atoms with Crippen LogP contribution in [-0.2, 0) is 4.79 Å². The van der Waals surface area contributed by atoms with Gasteiger partial charge in [-0.25, -0.2) is 5.53 Å². The zero-order valence-electron chi connectivity index (χ0n) is 9.53. The lowest BCUT2D eigenvalue weighted by atomic mass is 9.95. The molecule has 0 atom stereocenters. The van der Waals surface area contributed by atoms with Crippen molar-refractivity contribution in [3.05, 3.63) is 18.2 Å². The summed E-state index contributed by atoms with van der Waals surface area (Å²) in [6, 6.07) is 4.41. The minimum Gasteiger partial charge on any atom is -0.506 e. The van der Waals surface area contributed by atoms with E-state index < -0.39 is 5.41 Å². The monoisotopic (exact) mass is 221 g/mol. The van der Waals surface area contributed by atoms with Crippen LogP contribution in [0.1, 0.15) is 20.8 Å². The van der Waals surface area contributed by atoms with E-state index in [9.17, 15) is 9.90 Å². The molecule has 16 heavy (non-hydrogen) atoms. The number of hydrogen-bond donors (Lipinski definition) is 3. The summed E-state index contributed by atoms with van der Waals surface area (Å²) in [5.41, 5.74) is 7.00. The fraction of sp³-hybridized carbons (Fsp3) is 0.364. The quantitative estimate of drug-likeness (QED) is 0.529. The van der Waals surface area contributed by atoms with Crippen LogP contribution in [0, 0.1) is 10.9 Å². The van der Waals surface area contributed by atoms with Gasteiger partial charge in [-0.3, -0.25) is 4.79 Å². The fourth-order valence-electron chi connectivity index (χ4n) is 1.01. The number of nitrogens with one attached hydrogen (secondary N) is 2. The van der Waals surface area contributed by atoms with Crippen LogP contribution in [0.15, 0.2) is 23.3 Å². The number of carbonyl (C=O) groups excluding carboxylic acids is 1. The Bertz CT molecular complexity index is 422. The van der Waals surface area contributed by atoms with Crippen LogP contribution in [0.4, 0.5) is 11.4 Å². The second-order valence-electron chi connectivity index (χ2n) is 4.52. The van der Waals surface area contributed by atoms with E-state index in [0.717, 1.165) is 0 Å². The maximum Gasteiger partial charge on any atom is 0.229 e. The molecule has 0 aromatic heterocycles. The van der Waals surface area contributed by atoms with Crippen molar-refractivity contribution in [2.24, 2.45) is 10.5 Å². The Morgan fingerprint density at radius 2 is 2.06 bits per heavy atom. The lowest BCUT2D eigenvalue weighted by molar-refractivity contribution is -0.123. The van der Waals surface area contributed by atoms with E-state index in [4.69, 9.17) is 5.53 Å². The molecule has 1 aromatic carbocycles.